The van der Waals surface area contributed by atoms with Crippen LogP contribution in [-0.4, -0.2) is 84.0 Å². The zero-order chi connectivity index (χ0) is 32.7. The van der Waals surface area contributed by atoms with Crippen molar-refractivity contribution in [1.82, 2.24) is 14.2 Å². The molecule has 0 spiro atoms. The molecule has 3 aromatic rings. The topological polar surface area (TPSA) is 128 Å². The third-order valence-electron chi connectivity index (χ3n) is 8.47. The average molecular weight is 657 g/mol. The van der Waals surface area contributed by atoms with Crippen LogP contribution in [0.15, 0.2) is 41.3 Å². The van der Waals surface area contributed by atoms with Crippen LogP contribution in [0.4, 0.5) is 35.4 Å². The largest absolute Gasteiger partial charge is 0.477 e. The summed E-state index contributed by atoms with van der Waals surface area (Å²) in [6.07, 6.45) is 2.44. The van der Waals surface area contributed by atoms with Gasteiger partial charge in [-0.05, 0) is 49.6 Å². The second kappa shape index (κ2) is 12.7. The zero-order valence-corrected chi connectivity index (χ0v) is 26.0. The summed E-state index contributed by atoms with van der Waals surface area (Å²) >= 11 is 4.21. The number of thiol groups is 1. The fourth-order valence-corrected chi connectivity index (χ4v) is 6.24. The summed E-state index contributed by atoms with van der Waals surface area (Å²) < 4.78 is 38.4. The Morgan fingerprint density at radius 2 is 1.74 bits per heavy atom. The van der Waals surface area contributed by atoms with Crippen LogP contribution >= 0.6 is 12.8 Å². The second-order valence-electron chi connectivity index (χ2n) is 11.7. The van der Waals surface area contributed by atoms with Crippen LogP contribution in [0.1, 0.15) is 42.6 Å². The molecule has 6 rings (SSSR count). The minimum Gasteiger partial charge on any atom is -0.477 e. The summed E-state index contributed by atoms with van der Waals surface area (Å²) in [6, 6.07) is 6.55. The maximum absolute atomic E-state index is 15.5. The molecule has 0 bridgehead atoms. The van der Waals surface area contributed by atoms with Gasteiger partial charge in [0.05, 0.1) is 35.7 Å². The number of aromatic nitrogens is 1. The van der Waals surface area contributed by atoms with Gasteiger partial charge in [-0.1, -0.05) is 19.7 Å². The van der Waals surface area contributed by atoms with Crippen molar-refractivity contribution in [1.29, 1.82) is 0 Å². The number of carbonyl (C=O) groups is 3. The van der Waals surface area contributed by atoms with E-state index in [0.29, 0.717) is 55.3 Å². The van der Waals surface area contributed by atoms with Gasteiger partial charge in [0.1, 0.15) is 23.3 Å². The van der Waals surface area contributed by atoms with Gasteiger partial charge in [0.25, 0.3) is 0 Å². The maximum Gasteiger partial charge on any atom is 0.414 e. The molecule has 244 valence electrons. The third kappa shape index (κ3) is 6.15. The molecular weight excluding hydrogens is 622 g/mol. The van der Waals surface area contributed by atoms with Gasteiger partial charge in [-0.3, -0.25) is 14.0 Å². The highest BCUT2D eigenvalue weighted by molar-refractivity contribution is 7.78. The molecule has 1 aromatic heterocycles. The molecule has 3 amide bonds. The van der Waals surface area contributed by atoms with Crippen molar-refractivity contribution in [2.45, 2.75) is 38.3 Å². The first-order valence-corrected chi connectivity index (χ1v) is 15.6. The fourth-order valence-electron chi connectivity index (χ4n) is 5.99. The number of pyridine rings is 1. The van der Waals surface area contributed by atoms with Crippen LogP contribution in [0.25, 0.3) is 10.9 Å². The number of aromatic carboxylic acids is 1. The van der Waals surface area contributed by atoms with Crippen LogP contribution in [-0.2, 0) is 4.74 Å². The lowest BCUT2D eigenvalue weighted by atomic mass is 10.1. The summed E-state index contributed by atoms with van der Waals surface area (Å²) in [5, 5.41) is 12.3. The van der Waals surface area contributed by atoms with E-state index in [-0.39, 0.29) is 30.1 Å². The van der Waals surface area contributed by atoms with Crippen molar-refractivity contribution >= 4 is 58.9 Å². The molecule has 2 saturated heterocycles. The Bertz CT molecular complexity index is 1760. The molecule has 2 aromatic carbocycles. The number of hydrogen-bond donors (Lipinski definition) is 3. The highest BCUT2D eigenvalue weighted by Gasteiger charge is 2.36. The molecule has 2 aliphatic heterocycles. The molecule has 3 fully saturated rings. The van der Waals surface area contributed by atoms with E-state index in [1.165, 1.54) is 23.2 Å². The van der Waals surface area contributed by atoms with Crippen molar-refractivity contribution in [3.63, 3.8) is 0 Å². The Balaban J connectivity index is 1.20. The number of nitrogens with one attached hydrogen (secondary N) is 1. The number of urea groups is 1. The third-order valence-corrected chi connectivity index (χ3v) is 8.82. The predicted octanol–water partition coefficient (Wildman–Crippen LogP) is 4.23. The molecule has 1 atom stereocenters. The Kier molecular flexibility index (Phi) is 8.68. The molecular formula is C31H34F2N6O6S. The molecule has 1 saturated carbocycles. The van der Waals surface area contributed by atoms with Gasteiger partial charge >= 0.3 is 18.1 Å². The molecule has 0 unspecified atom stereocenters. The van der Waals surface area contributed by atoms with Crippen LogP contribution in [0, 0.1) is 11.6 Å². The molecule has 15 heteroatoms. The highest BCUT2D eigenvalue weighted by Crippen LogP contribution is 2.39. The number of rotatable bonds is 9. The highest BCUT2D eigenvalue weighted by atomic mass is 32.1. The van der Waals surface area contributed by atoms with E-state index in [9.17, 15) is 28.7 Å². The van der Waals surface area contributed by atoms with E-state index >= 15 is 4.39 Å². The number of carboxylic acids is 1. The van der Waals surface area contributed by atoms with Gasteiger partial charge in [0.15, 0.2) is 0 Å². The number of anilines is 3. The van der Waals surface area contributed by atoms with E-state index < -0.39 is 41.3 Å². The first-order valence-electron chi connectivity index (χ1n) is 15.2. The summed E-state index contributed by atoms with van der Waals surface area (Å²) in [5.74, 6) is -2.51. The summed E-state index contributed by atoms with van der Waals surface area (Å²) in [6.45, 7) is 4.12. The smallest absolute Gasteiger partial charge is 0.414 e. The fraction of sp³-hybridized carbons (Fsp3) is 0.419. The molecule has 0 radical (unpaired) electrons. The second-order valence-corrected chi connectivity index (χ2v) is 12.2. The molecule has 12 nitrogen and oxygen atoms in total. The normalized spacial score (nSPS) is 18.2. The Morgan fingerprint density at radius 1 is 1.04 bits per heavy atom. The SMILES string of the molecule is CCCNC(=O)N(S)C[C@@H]1CN(c2cc(F)ccc2N2CCN(c3cc4c(cc3F)c(=O)c(C(=O)O)cn4C3CC3)CC2)C(=O)O1. The minimum atomic E-state index is -1.35. The van der Waals surface area contributed by atoms with Crippen LogP contribution in [0.3, 0.4) is 0 Å². The van der Waals surface area contributed by atoms with E-state index in [1.54, 1.807) is 16.7 Å². The number of cyclic esters (lactones) is 1. The van der Waals surface area contributed by atoms with Gasteiger partial charge in [0, 0.05) is 50.3 Å². The average Bonchev–Trinajstić information content (AvgIpc) is 3.81. The van der Waals surface area contributed by atoms with Crippen LogP contribution in [0.5, 0.6) is 0 Å². The predicted molar refractivity (Wildman–Crippen MR) is 171 cm³/mol. The lowest BCUT2D eigenvalue weighted by molar-refractivity contribution is 0.0694. The molecule has 1 aliphatic carbocycles. The summed E-state index contributed by atoms with van der Waals surface area (Å²) in [5.41, 5.74) is 0.605. The minimum absolute atomic E-state index is 0.0288. The lowest BCUT2D eigenvalue weighted by Gasteiger charge is -2.38. The Hall–Kier alpha value is -4.53. The van der Waals surface area contributed by atoms with Gasteiger partial charge in [0.2, 0.25) is 5.43 Å². The first-order chi connectivity index (χ1) is 22.0. The van der Waals surface area contributed by atoms with Crippen LogP contribution in [0.2, 0.25) is 0 Å². The molecule has 46 heavy (non-hydrogen) atoms. The number of benzene rings is 2. The zero-order valence-electron chi connectivity index (χ0n) is 25.1. The van der Waals surface area contributed by atoms with E-state index in [1.807, 2.05) is 16.7 Å². The van der Waals surface area contributed by atoms with Gasteiger partial charge in [-0.15, -0.1) is 0 Å². The molecule has 2 N–H and O–H groups in total. The van der Waals surface area contributed by atoms with Gasteiger partial charge < -0.3 is 29.5 Å². The maximum atomic E-state index is 15.5. The number of hydrogen-bond acceptors (Lipinski definition) is 8. The van der Waals surface area contributed by atoms with E-state index in [0.717, 1.165) is 29.6 Å². The standard InChI is InChI=1S/C31H34F2N6O6S/c1-2-7-34-30(43)39(46)16-20-15-38(31(44)45-20)27-12-18(32)3-6-24(27)35-8-10-36(11-9-35)26-14-25-21(13-23(26)33)28(40)22(29(41)42)17-37(25)19-4-5-19/h3,6,12-14,17,19-20,46H,2,4-5,7-11,15-16H2,1H3,(H,34,43)(H,41,42)/t20-/m0/s1. The summed E-state index contributed by atoms with van der Waals surface area (Å²) in [7, 11) is 0. The number of piperazine rings is 1. The Morgan fingerprint density at radius 3 is 2.39 bits per heavy atom. The van der Waals surface area contributed by atoms with Crippen molar-refractivity contribution in [3.8, 4) is 0 Å². The number of fused-ring (bicyclic) bond motifs is 1. The number of nitrogens with zero attached hydrogens (tertiary/aromatic N) is 5. The quantitative estimate of drug-likeness (QED) is 0.292. The van der Waals surface area contributed by atoms with Crippen molar-refractivity contribution in [2.24, 2.45) is 0 Å². The molecule has 3 heterocycles. The number of amides is 3. The first kappa shape index (κ1) is 31.5. The number of carboxylic acid groups (broad SMARTS) is 1. The number of carbonyl (C=O) groups excluding carboxylic acids is 2. The summed E-state index contributed by atoms with van der Waals surface area (Å²) in [4.78, 5) is 54.8. The number of ether oxygens (including phenoxy) is 1. The monoisotopic (exact) mass is 656 g/mol. The van der Waals surface area contributed by atoms with E-state index in [4.69, 9.17) is 4.74 Å². The lowest BCUT2D eigenvalue weighted by Crippen LogP contribution is -2.47. The van der Waals surface area contributed by atoms with Gasteiger partial charge in [-0.2, -0.15) is 0 Å². The van der Waals surface area contributed by atoms with Crippen molar-refractivity contribution < 1.29 is 33.0 Å². The Labute approximate surface area is 268 Å². The van der Waals surface area contributed by atoms with Crippen molar-refractivity contribution in [3.05, 3.63) is 63.9 Å². The molecule has 3 aliphatic rings. The number of halogens is 2. The van der Waals surface area contributed by atoms with Gasteiger partial charge in [-0.25, -0.2) is 23.2 Å². The van der Waals surface area contributed by atoms with Crippen molar-refractivity contribution in [2.75, 3.05) is 60.5 Å². The van der Waals surface area contributed by atoms with E-state index in [2.05, 4.69) is 18.1 Å². The van der Waals surface area contributed by atoms with Crippen LogP contribution < -0.4 is 25.4 Å².